The number of amides is 1. The van der Waals surface area contributed by atoms with Gasteiger partial charge in [0, 0.05) is 0 Å². The van der Waals surface area contributed by atoms with Gasteiger partial charge in [0.15, 0.2) is 0 Å². The Morgan fingerprint density at radius 1 is 1.30 bits per heavy atom. The van der Waals surface area contributed by atoms with Gasteiger partial charge >= 0.3 is 124 Å². The van der Waals surface area contributed by atoms with E-state index in [4.69, 9.17) is 3.07 Å². The van der Waals surface area contributed by atoms with Crippen molar-refractivity contribution >= 4 is 38.4 Å². The predicted octanol–water partition coefficient (Wildman–Crippen LogP) is 1.77. The molecular formula is C13H14INO5. The summed E-state index contributed by atoms with van der Waals surface area (Å²) < 4.78 is 12.2. The Labute approximate surface area is 124 Å². The number of hydrogen-bond donors (Lipinski definition) is 0. The summed E-state index contributed by atoms with van der Waals surface area (Å²) in [6.45, 7) is 1.53. The number of rotatable bonds is 4. The van der Waals surface area contributed by atoms with Crippen LogP contribution in [0.2, 0.25) is 0 Å². The van der Waals surface area contributed by atoms with E-state index in [9.17, 15) is 14.4 Å². The van der Waals surface area contributed by atoms with Gasteiger partial charge in [0.1, 0.15) is 0 Å². The zero-order valence-electron chi connectivity index (χ0n) is 11.1. The summed E-state index contributed by atoms with van der Waals surface area (Å²) in [4.78, 5) is 34.8. The van der Waals surface area contributed by atoms with Crippen LogP contribution in [-0.4, -0.2) is 34.6 Å². The molecule has 108 valence electrons. The van der Waals surface area contributed by atoms with E-state index in [1.807, 2.05) is 6.07 Å². The van der Waals surface area contributed by atoms with Crippen molar-refractivity contribution in [3.63, 3.8) is 0 Å². The molecule has 7 heteroatoms. The maximum atomic E-state index is 12.3. The molecule has 0 spiro atoms. The molecule has 0 bridgehead atoms. The molecule has 1 amide bonds. The molecule has 0 atom stereocenters. The third-order valence-electron chi connectivity index (χ3n) is 2.61. The third-order valence-corrected chi connectivity index (χ3v) is 7.56. The average molecular weight is 391 g/mol. The predicted molar refractivity (Wildman–Crippen MR) is 78.6 cm³/mol. The van der Waals surface area contributed by atoms with Gasteiger partial charge in [-0.15, -0.1) is 0 Å². The third kappa shape index (κ3) is 2.92. The van der Waals surface area contributed by atoms with Gasteiger partial charge in [-0.25, -0.2) is 0 Å². The first kappa shape index (κ1) is 14.8. The van der Waals surface area contributed by atoms with Gasteiger partial charge < -0.3 is 0 Å². The SMILES string of the molecule is COC(=O)CCN1C(=O)c2ccccc2I1OC(C)=O. The molecule has 0 saturated carbocycles. The number of esters is 1. The van der Waals surface area contributed by atoms with Crippen LogP contribution < -0.4 is 0 Å². The summed E-state index contributed by atoms with van der Waals surface area (Å²) in [6.07, 6.45) is 0.0888. The van der Waals surface area contributed by atoms with Gasteiger partial charge in [-0.3, -0.25) is 0 Å². The zero-order chi connectivity index (χ0) is 14.7. The van der Waals surface area contributed by atoms with E-state index < -0.39 is 32.4 Å². The Bertz CT molecular complexity index is 559. The van der Waals surface area contributed by atoms with Crippen molar-refractivity contribution in [3.05, 3.63) is 33.4 Å². The Balaban J connectivity index is 2.24. The second-order valence-corrected chi connectivity index (χ2v) is 8.08. The van der Waals surface area contributed by atoms with E-state index in [1.54, 1.807) is 18.2 Å². The normalized spacial score (nSPS) is 15.0. The van der Waals surface area contributed by atoms with Crippen LogP contribution >= 0.6 is 20.5 Å². The molecule has 20 heavy (non-hydrogen) atoms. The Morgan fingerprint density at radius 2 is 2.00 bits per heavy atom. The minimum absolute atomic E-state index is 0.0888. The monoisotopic (exact) mass is 391 g/mol. The van der Waals surface area contributed by atoms with Crippen LogP contribution in [0.15, 0.2) is 24.3 Å². The van der Waals surface area contributed by atoms with Crippen molar-refractivity contribution in [1.82, 2.24) is 3.11 Å². The van der Waals surface area contributed by atoms with Crippen LogP contribution in [-0.2, 0) is 17.4 Å². The van der Waals surface area contributed by atoms with Crippen LogP contribution in [0, 0.1) is 3.57 Å². The number of carbonyl (C=O) groups is 3. The number of halogens is 1. The quantitative estimate of drug-likeness (QED) is 0.445. The van der Waals surface area contributed by atoms with Crippen LogP contribution in [0.4, 0.5) is 0 Å². The molecule has 1 aliphatic heterocycles. The summed E-state index contributed by atoms with van der Waals surface area (Å²) in [5.74, 6) is -0.994. The molecule has 0 aliphatic carbocycles. The fourth-order valence-corrected chi connectivity index (χ4v) is 6.19. The first-order valence-corrected chi connectivity index (χ1v) is 8.84. The molecule has 0 aromatic heterocycles. The molecule has 1 aromatic carbocycles. The average Bonchev–Trinajstić information content (AvgIpc) is 2.69. The van der Waals surface area contributed by atoms with Gasteiger partial charge in [0.25, 0.3) is 0 Å². The second kappa shape index (κ2) is 6.21. The van der Waals surface area contributed by atoms with E-state index in [0.29, 0.717) is 5.56 Å². The summed E-state index contributed by atoms with van der Waals surface area (Å²) in [5.41, 5.74) is 0.559. The van der Waals surface area contributed by atoms with Crippen molar-refractivity contribution in [2.24, 2.45) is 0 Å². The van der Waals surface area contributed by atoms with Crippen LogP contribution in [0.1, 0.15) is 23.7 Å². The Kier molecular flexibility index (Phi) is 4.58. The maximum absolute atomic E-state index is 12.3. The van der Waals surface area contributed by atoms with Gasteiger partial charge in [-0.1, -0.05) is 0 Å². The number of ether oxygens (including phenoxy) is 1. The Morgan fingerprint density at radius 3 is 2.65 bits per heavy atom. The molecule has 0 radical (unpaired) electrons. The van der Waals surface area contributed by atoms with Crippen LogP contribution in [0.5, 0.6) is 0 Å². The first-order valence-electron chi connectivity index (χ1n) is 5.91. The van der Waals surface area contributed by atoms with Crippen LogP contribution in [0.3, 0.4) is 0 Å². The van der Waals surface area contributed by atoms with E-state index in [-0.39, 0.29) is 18.9 Å². The number of methoxy groups -OCH3 is 1. The van der Waals surface area contributed by atoms with Crippen molar-refractivity contribution in [2.75, 3.05) is 13.7 Å². The molecule has 1 aliphatic rings. The van der Waals surface area contributed by atoms with Crippen molar-refractivity contribution in [1.29, 1.82) is 0 Å². The van der Waals surface area contributed by atoms with E-state index in [1.165, 1.54) is 17.1 Å². The molecule has 1 aromatic rings. The van der Waals surface area contributed by atoms with Gasteiger partial charge in [-0.05, 0) is 0 Å². The molecule has 0 saturated heterocycles. The number of fused-ring (bicyclic) bond motifs is 1. The fourth-order valence-electron chi connectivity index (χ4n) is 1.74. The number of benzene rings is 1. The fraction of sp³-hybridized carbons (Fsp3) is 0.308. The summed E-state index contributed by atoms with van der Waals surface area (Å²) in [7, 11) is 1.30. The molecule has 0 fully saturated rings. The number of hydrogen-bond acceptors (Lipinski definition) is 5. The molecule has 2 rings (SSSR count). The minimum atomic E-state index is -2.55. The number of nitrogens with zero attached hydrogens (tertiary/aromatic N) is 1. The summed E-state index contributed by atoms with van der Waals surface area (Å²) >= 11 is -2.55. The molecular weight excluding hydrogens is 377 g/mol. The molecule has 0 N–H and O–H groups in total. The first-order chi connectivity index (χ1) is 9.54. The zero-order valence-corrected chi connectivity index (χ0v) is 13.2. The Hall–Kier alpha value is -1.64. The van der Waals surface area contributed by atoms with Crippen molar-refractivity contribution < 1.29 is 22.2 Å². The number of carbonyl (C=O) groups excluding carboxylic acids is 3. The van der Waals surface area contributed by atoms with E-state index in [2.05, 4.69) is 4.74 Å². The van der Waals surface area contributed by atoms with E-state index in [0.717, 1.165) is 3.57 Å². The molecule has 6 nitrogen and oxygen atoms in total. The van der Waals surface area contributed by atoms with E-state index >= 15 is 0 Å². The van der Waals surface area contributed by atoms with Crippen molar-refractivity contribution in [2.45, 2.75) is 13.3 Å². The van der Waals surface area contributed by atoms with Gasteiger partial charge in [0.05, 0.1) is 0 Å². The standard InChI is InChI=1S/C13H14INO5/c1-9(16)20-14-11-6-4-3-5-10(11)13(18)15(14)8-7-12(17)19-2/h3-6H,7-8H2,1-2H3. The second-order valence-electron chi connectivity index (χ2n) is 4.00. The van der Waals surface area contributed by atoms with Crippen molar-refractivity contribution in [3.8, 4) is 0 Å². The molecule has 0 unspecified atom stereocenters. The summed E-state index contributed by atoms with van der Waals surface area (Å²) in [5, 5.41) is 0. The van der Waals surface area contributed by atoms with Gasteiger partial charge in [-0.2, -0.15) is 0 Å². The summed E-state index contributed by atoms with van der Waals surface area (Å²) in [6, 6.07) is 7.09. The van der Waals surface area contributed by atoms with Crippen LogP contribution in [0.25, 0.3) is 0 Å². The topological polar surface area (TPSA) is 72.9 Å². The molecule has 1 heterocycles. The van der Waals surface area contributed by atoms with Gasteiger partial charge in [0.2, 0.25) is 0 Å².